The molecule has 0 aliphatic carbocycles. The summed E-state index contributed by atoms with van der Waals surface area (Å²) in [6.07, 6.45) is 1.60. The first-order valence-electron chi connectivity index (χ1n) is 4.91. The Labute approximate surface area is 92.4 Å². The maximum absolute atomic E-state index is 8.71. The van der Waals surface area contributed by atoms with Crippen molar-refractivity contribution in [3.63, 3.8) is 0 Å². The molecule has 0 atom stereocenters. The van der Waals surface area contributed by atoms with Gasteiger partial charge in [0, 0.05) is 18.4 Å². The zero-order chi connectivity index (χ0) is 10.7. The molecule has 0 amide bonds. The van der Waals surface area contributed by atoms with Gasteiger partial charge >= 0.3 is 0 Å². The summed E-state index contributed by atoms with van der Waals surface area (Å²) < 4.78 is 5.48. The van der Waals surface area contributed by atoms with Gasteiger partial charge in [-0.05, 0) is 25.5 Å². The molecular formula is C11H13NO2S. The second kappa shape index (κ2) is 4.59. The van der Waals surface area contributed by atoms with Crippen molar-refractivity contribution >= 4 is 11.3 Å². The van der Waals surface area contributed by atoms with Crippen LogP contribution in [0.4, 0.5) is 0 Å². The Hall–Kier alpha value is -1.13. The van der Waals surface area contributed by atoms with Gasteiger partial charge in [0.1, 0.15) is 11.5 Å². The maximum atomic E-state index is 8.71. The number of hydrogen-bond acceptors (Lipinski definition) is 4. The summed E-state index contributed by atoms with van der Waals surface area (Å²) in [4.78, 5) is 4.44. The zero-order valence-electron chi connectivity index (χ0n) is 8.56. The van der Waals surface area contributed by atoms with E-state index in [1.807, 2.05) is 24.4 Å². The first-order valence-corrected chi connectivity index (χ1v) is 5.79. The van der Waals surface area contributed by atoms with Crippen LogP contribution in [0.2, 0.25) is 0 Å². The highest BCUT2D eigenvalue weighted by Crippen LogP contribution is 2.24. The lowest BCUT2D eigenvalue weighted by atomic mass is 10.3. The largest absolute Gasteiger partial charge is 0.460 e. The fourth-order valence-corrected chi connectivity index (χ4v) is 2.17. The molecule has 0 fully saturated rings. The van der Waals surface area contributed by atoms with Crippen LogP contribution in [-0.2, 0) is 6.42 Å². The minimum absolute atomic E-state index is 0.217. The van der Waals surface area contributed by atoms with E-state index in [2.05, 4.69) is 4.98 Å². The summed E-state index contributed by atoms with van der Waals surface area (Å²) in [6.45, 7) is 2.14. The Morgan fingerprint density at radius 2 is 2.33 bits per heavy atom. The quantitative estimate of drug-likeness (QED) is 0.866. The lowest BCUT2D eigenvalue weighted by Gasteiger charge is -1.91. The third kappa shape index (κ3) is 2.46. The number of aryl methyl sites for hydroxylation is 2. The van der Waals surface area contributed by atoms with Gasteiger partial charge in [-0.1, -0.05) is 0 Å². The van der Waals surface area contributed by atoms with Gasteiger partial charge in [-0.15, -0.1) is 11.3 Å². The number of aliphatic hydroxyl groups is 1. The predicted octanol–water partition coefficient (Wildman–Crippen LogP) is 2.64. The smallest absolute Gasteiger partial charge is 0.153 e. The van der Waals surface area contributed by atoms with Gasteiger partial charge in [0.15, 0.2) is 5.76 Å². The van der Waals surface area contributed by atoms with Crippen molar-refractivity contribution < 1.29 is 9.52 Å². The van der Waals surface area contributed by atoms with Crippen LogP contribution in [0.1, 0.15) is 17.2 Å². The molecule has 4 heteroatoms. The maximum Gasteiger partial charge on any atom is 0.153 e. The van der Waals surface area contributed by atoms with Crippen molar-refractivity contribution in [3.8, 4) is 11.5 Å². The molecular weight excluding hydrogens is 210 g/mol. The number of nitrogens with zero attached hydrogens (tertiary/aromatic N) is 1. The molecule has 15 heavy (non-hydrogen) atoms. The van der Waals surface area contributed by atoms with Gasteiger partial charge in [0.25, 0.3) is 0 Å². The van der Waals surface area contributed by atoms with Crippen molar-refractivity contribution in [2.75, 3.05) is 6.61 Å². The highest BCUT2D eigenvalue weighted by Gasteiger charge is 2.07. The Kier molecular flexibility index (Phi) is 3.18. The minimum Gasteiger partial charge on any atom is -0.460 e. The third-order valence-electron chi connectivity index (χ3n) is 2.09. The average molecular weight is 223 g/mol. The van der Waals surface area contributed by atoms with Gasteiger partial charge in [-0.2, -0.15) is 0 Å². The van der Waals surface area contributed by atoms with Crippen LogP contribution in [0.5, 0.6) is 0 Å². The molecule has 0 bridgehead atoms. The topological polar surface area (TPSA) is 46.3 Å². The molecule has 0 aliphatic rings. The van der Waals surface area contributed by atoms with Gasteiger partial charge in [0.2, 0.25) is 0 Å². The average Bonchev–Trinajstić information content (AvgIpc) is 2.83. The van der Waals surface area contributed by atoms with Crippen LogP contribution >= 0.6 is 11.3 Å². The van der Waals surface area contributed by atoms with Gasteiger partial charge in [-0.25, -0.2) is 4.98 Å². The normalized spacial score (nSPS) is 10.8. The molecule has 2 heterocycles. The predicted molar refractivity (Wildman–Crippen MR) is 60.0 cm³/mol. The van der Waals surface area contributed by atoms with Crippen LogP contribution in [0.25, 0.3) is 11.5 Å². The summed E-state index contributed by atoms with van der Waals surface area (Å²) in [5.74, 6) is 1.72. The van der Waals surface area contributed by atoms with E-state index in [1.165, 1.54) is 0 Å². The van der Waals surface area contributed by atoms with Crippen molar-refractivity contribution in [2.45, 2.75) is 19.8 Å². The number of aliphatic hydroxyl groups excluding tert-OH is 1. The lowest BCUT2D eigenvalue weighted by Crippen LogP contribution is -1.88. The van der Waals surface area contributed by atoms with Gasteiger partial charge in [0.05, 0.1) is 5.01 Å². The van der Waals surface area contributed by atoms with E-state index in [0.717, 1.165) is 35.1 Å². The van der Waals surface area contributed by atoms with E-state index >= 15 is 0 Å². The second-order valence-electron chi connectivity index (χ2n) is 3.36. The molecule has 2 aromatic rings. The third-order valence-corrected chi connectivity index (χ3v) is 3.00. The fourth-order valence-electron chi connectivity index (χ4n) is 1.34. The molecule has 0 spiro atoms. The van der Waals surface area contributed by atoms with E-state index in [1.54, 1.807) is 11.3 Å². The van der Waals surface area contributed by atoms with Gasteiger partial charge in [-0.3, -0.25) is 0 Å². The summed E-state index contributed by atoms with van der Waals surface area (Å²) >= 11 is 1.61. The van der Waals surface area contributed by atoms with Crippen LogP contribution in [0.3, 0.4) is 0 Å². The Morgan fingerprint density at radius 3 is 3.00 bits per heavy atom. The van der Waals surface area contributed by atoms with E-state index in [-0.39, 0.29) is 6.61 Å². The van der Waals surface area contributed by atoms with Crippen LogP contribution in [-0.4, -0.2) is 16.7 Å². The molecule has 0 unspecified atom stereocenters. The molecule has 2 aromatic heterocycles. The van der Waals surface area contributed by atoms with E-state index < -0.39 is 0 Å². The highest BCUT2D eigenvalue weighted by molar-refractivity contribution is 7.09. The molecule has 0 aromatic carbocycles. The summed E-state index contributed by atoms with van der Waals surface area (Å²) in [6, 6.07) is 3.86. The SMILES string of the molecule is Cc1ccc(-c2csc(CCCO)n2)o1. The molecule has 3 nitrogen and oxygen atoms in total. The first-order chi connectivity index (χ1) is 7.29. The summed E-state index contributed by atoms with van der Waals surface area (Å²) in [7, 11) is 0. The number of aromatic nitrogens is 1. The van der Waals surface area contributed by atoms with E-state index in [9.17, 15) is 0 Å². The Morgan fingerprint density at radius 1 is 1.47 bits per heavy atom. The molecule has 2 rings (SSSR count). The van der Waals surface area contributed by atoms with Crippen molar-refractivity contribution in [3.05, 3.63) is 28.3 Å². The lowest BCUT2D eigenvalue weighted by molar-refractivity contribution is 0.288. The first kappa shape index (κ1) is 10.4. The zero-order valence-corrected chi connectivity index (χ0v) is 9.38. The highest BCUT2D eigenvalue weighted by atomic mass is 32.1. The van der Waals surface area contributed by atoms with E-state index in [4.69, 9.17) is 9.52 Å². The minimum atomic E-state index is 0.217. The molecule has 0 aliphatic heterocycles. The number of rotatable bonds is 4. The van der Waals surface area contributed by atoms with Crippen molar-refractivity contribution in [2.24, 2.45) is 0 Å². The van der Waals surface area contributed by atoms with Crippen molar-refractivity contribution in [1.82, 2.24) is 4.98 Å². The Balaban J connectivity index is 2.13. The number of thiazole rings is 1. The molecule has 0 radical (unpaired) electrons. The summed E-state index contributed by atoms with van der Waals surface area (Å²) in [5, 5.41) is 11.8. The van der Waals surface area contributed by atoms with Crippen LogP contribution in [0.15, 0.2) is 21.9 Å². The molecule has 80 valence electrons. The van der Waals surface area contributed by atoms with Crippen LogP contribution in [0, 0.1) is 6.92 Å². The second-order valence-corrected chi connectivity index (χ2v) is 4.31. The van der Waals surface area contributed by atoms with Gasteiger partial charge < -0.3 is 9.52 Å². The summed E-state index contributed by atoms with van der Waals surface area (Å²) in [5.41, 5.74) is 0.890. The monoisotopic (exact) mass is 223 g/mol. The molecule has 1 N–H and O–H groups in total. The standard InChI is InChI=1S/C11H13NO2S/c1-8-4-5-10(14-8)9-7-15-11(12-9)3-2-6-13/h4-5,7,13H,2-3,6H2,1H3. The number of furan rings is 1. The van der Waals surface area contributed by atoms with E-state index in [0.29, 0.717) is 0 Å². The fraction of sp³-hybridized carbons (Fsp3) is 0.364. The van der Waals surface area contributed by atoms with Crippen LogP contribution < -0.4 is 0 Å². The Bertz CT molecular complexity index is 433. The molecule has 0 saturated heterocycles. The molecule has 0 saturated carbocycles. The number of hydrogen-bond donors (Lipinski definition) is 1. The van der Waals surface area contributed by atoms with Crippen molar-refractivity contribution in [1.29, 1.82) is 0 Å².